The number of aromatic nitrogens is 1. The van der Waals surface area contributed by atoms with Gasteiger partial charge in [-0.05, 0) is 18.1 Å². The number of benzene rings is 1. The highest BCUT2D eigenvalue weighted by Crippen LogP contribution is 2.28. The van der Waals surface area contributed by atoms with Gasteiger partial charge in [-0.3, -0.25) is 4.79 Å². The van der Waals surface area contributed by atoms with Crippen LogP contribution in [-0.2, 0) is 17.8 Å². The van der Waals surface area contributed by atoms with Gasteiger partial charge in [-0.15, -0.1) is 11.3 Å². The second-order valence-electron chi connectivity index (χ2n) is 5.23. The lowest BCUT2D eigenvalue weighted by molar-refractivity contribution is -0.138. The van der Waals surface area contributed by atoms with Crippen molar-refractivity contribution in [1.82, 2.24) is 9.88 Å². The molecule has 3 rings (SSSR count). The molecule has 2 heterocycles. The van der Waals surface area contributed by atoms with Crippen molar-refractivity contribution in [2.45, 2.75) is 13.0 Å². The maximum atomic E-state index is 12.7. The number of amides is 1. The molecule has 0 unspecified atom stereocenters. The van der Waals surface area contributed by atoms with Gasteiger partial charge in [0.2, 0.25) is 5.91 Å². The van der Waals surface area contributed by atoms with Crippen molar-refractivity contribution in [3.63, 3.8) is 0 Å². The van der Waals surface area contributed by atoms with Crippen LogP contribution in [0.2, 0.25) is 0 Å². The van der Waals surface area contributed by atoms with E-state index in [1.807, 2.05) is 29.6 Å². The number of aliphatic hydroxyl groups excluding tert-OH is 1. The molecule has 0 saturated heterocycles. The highest BCUT2D eigenvalue weighted by atomic mass is 32.1. The molecule has 0 fully saturated rings. The molecule has 0 bridgehead atoms. The molecule has 0 aliphatic carbocycles. The molecule has 6 heteroatoms. The molecule has 22 heavy (non-hydrogen) atoms. The first kappa shape index (κ1) is 15.0. The van der Waals surface area contributed by atoms with Crippen LogP contribution in [0.5, 0.6) is 5.75 Å². The maximum absolute atomic E-state index is 12.7. The number of fused-ring (bicyclic) bond motifs is 1. The Bertz CT molecular complexity index is 630. The molecule has 0 spiro atoms. The predicted octanol–water partition coefficient (Wildman–Crippen LogP) is 1.72. The van der Waals surface area contributed by atoms with Gasteiger partial charge in [-0.1, -0.05) is 18.2 Å². The van der Waals surface area contributed by atoms with Gasteiger partial charge in [-0.25, -0.2) is 4.98 Å². The van der Waals surface area contributed by atoms with E-state index in [1.54, 1.807) is 11.1 Å². The molecule has 1 aliphatic heterocycles. The van der Waals surface area contributed by atoms with Crippen LogP contribution in [-0.4, -0.2) is 40.7 Å². The summed E-state index contributed by atoms with van der Waals surface area (Å²) in [7, 11) is 0. The number of hydrogen-bond acceptors (Lipinski definition) is 5. The van der Waals surface area contributed by atoms with Gasteiger partial charge in [0.25, 0.3) is 0 Å². The number of nitrogens with zero attached hydrogens (tertiary/aromatic N) is 2. The number of aliphatic hydroxyl groups is 1. The van der Waals surface area contributed by atoms with E-state index in [0.717, 1.165) is 16.3 Å². The van der Waals surface area contributed by atoms with Gasteiger partial charge in [0.05, 0.1) is 19.1 Å². The minimum absolute atomic E-state index is 0.0127. The van der Waals surface area contributed by atoms with Crippen LogP contribution >= 0.6 is 11.3 Å². The fourth-order valence-electron chi connectivity index (χ4n) is 2.63. The molecule has 1 aromatic carbocycles. The third kappa shape index (κ3) is 3.28. The minimum Gasteiger partial charge on any atom is -0.492 e. The first-order chi connectivity index (χ1) is 10.8. The van der Waals surface area contributed by atoms with Gasteiger partial charge < -0.3 is 14.7 Å². The third-order valence-corrected chi connectivity index (χ3v) is 4.48. The summed E-state index contributed by atoms with van der Waals surface area (Å²) in [4.78, 5) is 18.6. The van der Waals surface area contributed by atoms with Crippen molar-refractivity contribution < 1.29 is 14.6 Å². The molecule has 2 aromatic rings. The number of thiazole rings is 1. The van der Waals surface area contributed by atoms with Crippen molar-refractivity contribution in [3.05, 3.63) is 46.4 Å². The number of ether oxygens (including phenoxy) is 1. The summed E-state index contributed by atoms with van der Waals surface area (Å²) >= 11 is 1.51. The number of carbonyl (C=O) groups excluding carboxylic acids is 1. The van der Waals surface area contributed by atoms with E-state index < -0.39 is 0 Å². The summed E-state index contributed by atoms with van der Waals surface area (Å²) in [6.45, 7) is 1.09. The van der Waals surface area contributed by atoms with Crippen LogP contribution in [0.3, 0.4) is 0 Å². The molecule has 1 atom stereocenters. The van der Waals surface area contributed by atoms with E-state index in [0.29, 0.717) is 26.1 Å². The lowest BCUT2D eigenvalue weighted by Gasteiger charge is -2.29. The lowest BCUT2D eigenvalue weighted by Crippen LogP contribution is -2.41. The Kier molecular flexibility index (Phi) is 4.70. The summed E-state index contributed by atoms with van der Waals surface area (Å²) in [6, 6.07) is 7.81. The number of carbonyl (C=O) groups is 1. The molecule has 1 aliphatic rings. The molecule has 5 nitrogen and oxygen atoms in total. The number of rotatable bonds is 5. The molecule has 0 saturated carbocycles. The van der Waals surface area contributed by atoms with Crippen molar-refractivity contribution in [2.75, 3.05) is 19.8 Å². The van der Waals surface area contributed by atoms with Crippen molar-refractivity contribution in [3.8, 4) is 5.75 Å². The van der Waals surface area contributed by atoms with Gasteiger partial charge in [-0.2, -0.15) is 0 Å². The van der Waals surface area contributed by atoms with Crippen molar-refractivity contribution >= 4 is 17.2 Å². The summed E-state index contributed by atoms with van der Waals surface area (Å²) in [6.07, 6.45) is 2.40. The maximum Gasteiger partial charge on any atom is 0.229 e. The molecule has 1 amide bonds. The Morgan fingerprint density at radius 3 is 3.09 bits per heavy atom. The standard InChI is InChI=1S/C16H18N2O3S/c19-7-6-18(10-15-17-5-8-22-15)16(20)13-9-12-3-1-2-4-14(12)21-11-13/h1-5,8,13,19H,6-7,9-11H2/t13-/m1/s1. The summed E-state index contributed by atoms with van der Waals surface area (Å²) in [5.74, 6) is 0.667. The number of hydrogen-bond donors (Lipinski definition) is 1. The number of para-hydroxylation sites is 1. The molecule has 116 valence electrons. The van der Waals surface area contributed by atoms with Gasteiger partial charge in [0.15, 0.2) is 0 Å². The summed E-state index contributed by atoms with van der Waals surface area (Å²) in [5.41, 5.74) is 1.06. The van der Waals surface area contributed by atoms with Crippen LogP contribution in [0.1, 0.15) is 10.6 Å². The molecule has 0 radical (unpaired) electrons. The van der Waals surface area contributed by atoms with Gasteiger partial charge in [0, 0.05) is 18.1 Å². The summed E-state index contributed by atoms with van der Waals surface area (Å²) in [5, 5.41) is 12.0. The Morgan fingerprint density at radius 1 is 1.45 bits per heavy atom. The molecule has 1 aromatic heterocycles. The minimum atomic E-state index is -0.207. The zero-order valence-corrected chi connectivity index (χ0v) is 13.0. The Balaban J connectivity index is 1.71. The fraction of sp³-hybridized carbons (Fsp3) is 0.375. The lowest BCUT2D eigenvalue weighted by atomic mass is 9.95. The average Bonchev–Trinajstić information content (AvgIpc) is 3.06. The third-order valence-electron chi connectivity index (χ3n) is 3.72. The van der Waals surface area contributed by atoms with E-state index in [2.05, 4.69) is 4.98 Å². The quantitative estimate of drug-likeness (QED) is 0.912. The normalized spacial score (nSPS) is 16.7. The largest absolute Gasteiger partial charge is 0.492 e. The fourth-order valence-corrected chi connectivity index (χ4v) is 3.26. The summed E-state index contributed by atoms with van der Waals surface area (Å²) < 4.78 is 5.70. The molecule has 1 N–H and O–H groups in total. The first-order valence-corrected chi connectivity index (χ1v) is 8.14. The molecular formula is C16H18N2O3S. The van der Waals surface area contributed by atoms with Crippen LogP contribution < -0.4 is 4.74 Å². The second-order valence-corrected chi connectivity index (χ2v) is 6.21. The molecular weight excluding hydrogens is 300 g/mol. The van der Waals surface area contributed by atoms with Crippen molar-refractivity contribution in [2.24, 2.45) is 5.92 Å². The van der Waals surface area contributed by atoms with Crippen LogP contribution in [0.25, 0.3) is 0 Å². The van der Waals surface area contributed by atoms with Crippen molar-refractivity contribution in [1.29, 1.82) is 0 Å². The highest BCUT2D eigenvalue weighted by Gasteiger charge is 2.29. The predicted molar refractivity (Wildman–Crippen MR) is 83.7 cm³/mol. The zero-order valence-electron chi connectivity index (χ0n) is 12.1. The average molecular weight is 318 g/mol. The van der Waals surface area contributed by atoms with Crippen LogP contribution in [0.4, 0.5) is 0 Å². The van der Waals surface area contributed by atoms with E-state index >= 15 is 0 Å². The van der Waals surface area contributed by atoms with E-state index in [4.69, 9.17) is 4.74 Å². The Hall–Kier alpha value is -1.92. The van der Waals surface area contributed by atoms with E-state index in [9.17, 15) is 9.90 Å². The van der Waals surface area contributed by atoms with Gasteiger partial charge >= 0.3 is 0 Å². The monoisotopic (exact) mass is 318 g/mol. The second kappa shape index (κ2) is 6.89. The van der Waals surface area contributed by atoms with Crippen LogP contribution in [0, 0.1) is 5.92 Å². The van der Waals surface area contributed by atoms with Crippen LogP contribution in [0.15, 0.2) is 35.8 Å². The Labute approximate surface area is 133 Å². The van der Waals surface area contributed by atoms with E-state index in [1.165, 1.54) is 11.3 Å². The SMILES string of the molecule is O=C([C@H]1COc2ccccc2C1)N(CCO)Cc1nccs1. The topological polar surface area (TPSA) is 62.7 Å². The van der Waals surface area contributed by atoms with E-state index in [-0.39, 0.29) is 18.4 Å². The highest BCUT2D eigenvalue weighted by molar-refractivity contribution is 7.09. The zero-order chi connectivity index (χ0) is 15.4. The van der Waals surface area contributed by atoms with Gasteiger partial charge in [0.1, 0.15) is 17.4 Å². The Morgan fingerprint density at radius 2 is 2.32 bits per heavy atom. The first-order valence-electron chi connectivity index (χ1n) is 7.26. The smallest absolute Gasteiger partial charge is 0.229 e.